The number of ketones is 4. The van der Waals surface area contributed by atoms with E-state index in [-0.39, 0.29) is 39.8 Å². The molecule has 0 atom stereocenters. The zero-order valence-corrected chi connectivity index (χ0v) is 70.9. The van der Waals surface area contributed by atoms with Crippen LogP contribution < -0.4 is 39.5 Å². The number of hydrogen-bond donors (Lipinski definition) is 3. The van der Waals surface area contributed by atoms with Gasteiger partial charge in [-0.3, -0.25) is 63.3 Å². The predicted molar refractivity (Wildman–Crippen MR) is 485 cm³/mol. The molecule has 14 aromatic rings. The summed E-state index contributed by atoms with van der Waals surface area (Å²) in [5.74, 6) is 0.210. The normalized spacial score (nSPS) is 13.8. The van der Waals surface area contributed by atoms with E-state index >= 15 is 0 Å². The number of carbonyl (C=O) groups is 4. The number of imidazole rings is 2. The summed E-state index contributed by atoms with van der Waals surface area (Å²) in [6, 6.07) is 36.7. The molecule has 0 spiro atoms. The van der Waals surface area contributed by atoms with Crippen LogP contribution in [-0.2, 0) is 42.2 Å². The van der Waals surface area contributed by atoms with E-state index in [0.29, 0.717) is 119 Å². The van der Waals surface area contributed by atoms with Crippen LogP contribution in [0, 0.1) is 0 Å². The minimum absolute atomic E-state index is 0.0104. The fraction of sp³-hybridized carbons (Fsp3) is 0.312. The average molecular weight is 1690 g/mol. The highest BCUT2D eigenvalue weighted by Crippen LogP contribution is 2.43. The van der Waals surface area contributed by atoms with E-state index < -0.39 is 5.63 Å². The quantitative estimate of drug-likeness (QED) is 0.0602. The third-order valence-electron chi connectivity index (χ3n) is 22.6. The van der Waals surface area contributed by atoms with E-state index in [9.17, 15) is 38.4 Å². The Hall–Kier alpha value is -12.9. The summed E-state index contributed by atoms with van der Waals surface area (Å²) in [5.41, 5.74) is 25.6. The smallest absolute Gasteiger partial charge is 0.345 e. The molecule has 12 heterocycles. The van der Waals surface area contributed by atoms with Crippen molar-refractivity contribution >= 4 is 66.2 Å². The van der Waals surface area contributed by atoms with Crippen LogP contribution in [0.25, 0.3) is 88.2 Å². The maximum atomic E-state index is 13.3. The number of rotatable bonds is 21. The van der Waals surface area contributed by atoms with Crippen molar-refractivity contribution in [1.29, 1.82) is 0 Å². The van der Waals surface area contributed by atoms with Gasteiger partial charge in [0.25, 0.3) is 16.7 Å². The highest BCUT2D eigenvalue weighted by molar-refractivity contribution is 6.29. The fourth-order valence-electron chi connectivity index (χ4n) is 16.5. The molecule has 29 nitrogen and oxygen atoms in total. The molecule has 2 saturated heterocycles. The Kier molecular flexibility index (Phi) is 29.7. The summed E-state index contributed by atoms with van der Waals surface area (Å²) in [5, 5.41) is 4.50. The molecular formula is C96H104N18O11. The number of aromatic nitrogens is 11. The summed E-state index contributed by atoms with van der Waals surface area (Å²) >= 11 is 0. The molecule has 0 bridgehead atoms. The van der Waals surface area contributed by atoms with Crippen LogP contribution in [0.4, 0.5) is 0 Å². The average Bonchev–Trinajstić information content (AvgIpc) is 1.59. The Labute approximate surface area is 722 Å². The predicted octanol–water partition coefficient (Wildman–Crippen LogP) is 9.98. The van der Waals surface area contributed by atoms with E-state index in [1.807, 2.05) is 114 Å². The topological polar surface area (TPSA) is 361 Å². The van der Waals surface area contributed by atoms with Crippen LogP contribution in [-0.4, -0.2) is 222 Å². The molecule has 4 aromatic carbocycles. The second-order valence-electron chi connectivity index (χ2n) is 31.4. The highest BCUT2D eigenvalue weighted by atomic mass is 16.5. The minimum Gasteiger partial charge on any atom is -0.421 e. The van der Waals surface area contributed by atoms with Crippen molar-refractivity contribution in [2.75, 3.05) is 127 Å². The van der Waals surface area contributed by atoms with E-state index in [0.717, 1.165) is 184 Å². The van der Waals surface area contributed by atoms with Crippen molar-refractivity contribution in [3.8, 4) is 45.1 Å². The SMILES string of the molecule is CN(C)CCCN.CN(C)CCCn1c2c(c3ccncc3c1=O)C(=O)c1ccccc1-2.NCCCN1CCOCC1.NCCCn1ccnc1.O=C1c2ccccc2-c2c1c1ccncc1c(=O)n2CCCN1CCOCC1.O=C1c2ccccc2-c2c1c1ccncc1c(=O)n2CCCn1ccnc1.O=C1c2ccccc2-c2oc(=O)c3cnccc3c21. The first-order valence-corrected chi connectivity index (χ1v) is 42.4. The third-order valence-corrected chi connectivity index (χ3v) is 22.6. The van der Waals surface area contributed by atoms with E-state index in [1.165, 1.54) is 6.20 Å². The molecule has 10 aromatic heterocycles. The number of benzene rings is 4. The third kappa shape index (κ3) is 19.7. The van der Waals surface area contributed by atoms with Crippen molar-refractivity contribution in [3.63, 3.8) is 0 Å². The number of hydrogen-bond acceptors (Lipinski definition) is 24. The van der Waals surface area contributed by atoms with Gasteiger partial charge in [0.05, 0.1) is 100.0 Å². The first-order chi connectivity index (χ1) is 61.0. The molecule has 2 fully saturated rings. The molecule has 0 saturated carbocycles. The standard InChI is InChI=1S/C22H21N3O3.C21H16N4O2.C20H19N3O2.C15H7NO3.C7H16N2O.C6H11N3.C5H14N2/c26-21-17-5-2-1-4-16(17)20-19(21)15-6-7-23-14-18(15)22(27)25(20)9-3-8-24-10-12-28-13-11-24;26-20-16-5-2-1-4-15(16)19-18(20)14-6-7-22-12-17(14)21(27)25(19)10-3-9-24-11-8-23-13-24;1-22(2)10-5-11-23-18-14-6-3-4-7-15(14)19(24)17(18)13-8-9-21-12-16(13)20(23)25;17-13-9-3-1-2-4-10(9)14-12(13)8-5-6-16-7-11(8)15(18)19-14;8-2-1-3-9-4-6-10-7-5-9;7-2-1-4-9-5-3-8-6-9;1-7(2)5-3-4-6/h1-2,4-7,14H,3,8-13H2;1-2,4-8,11-13H,3,9-10H2;3-4,6-9,12H,5,10-11H2,1-2H3;1-7H;1-8H2;3,5-6H,1-2,4,7H2;3-6H2,1-2H3. The molecule has 0 unspecified atom stereocenters. The lowest BCUT2D eigenvalue weighted by atomic mass is 10.0. The van der Waals surface area contributed by atoms with Crippen molar-refractivity contribution in [2.45, 2.75) is 71.2 Å². The number of pyridine rings is 7. The van der Waals surface area contributed by atoms with Gasteiger partial charge in [-0.05, 0) is 130 Å². The number of morpholine rings is 2. The highest BCUT2D eigenvalue weighted by Gasteiger charge is 2.37. The van der Waals surface area contributed by atoms with Gasteiger partial charge in [0, 0.05) is 206 Å². The van der Waals surface area contributed by atoms with Gasteiger partial charge in [0.15, 0.2) is 28.9 Å². The van der Waals surface area contributed by atoms with Gasteiger partial charge in [0.1, 0.15) is 0 Å². The molecular weight excluding hydrogens is 1580 g/mol. The van der Waals surface area contributed by atoms with Crippen LogP contribution in [0.2, 0.25) is 0 Å². The van der Waals surface area contributed by atoms with Crippen molar-refractivity contribution in [1.82, 2.24) is 72.3 Å². The molecule has 20 rings (SSSR count). The number of ether oxygens (including phenoxy) is 2. The van der Waals surface area contributed by atoms with Crippen LogP contribution in [0.1, 0.15) is 102 Å². The van der Waals surface area contributed by atoms with Crippen LogP contribution >= 0.6 is 0 Å². The lowest BCUT2D eigenvalue weighted by Crippen LogP contribution is -2.37. The zero-order valence-electron chi connectivity index (χ0n) is 70.9. The maximum absolute atomic E-state index is 13.3. The summed E-state index contributed by atoms with van der Waals surface area (Å²) in [6.45, 7) is 17.1. The number of nitrogens with zero attached hydrogens (tertiary/aromatic N) is 15. The molecule has 0 amide bonds. The maximum Gasteiger partial charge on any atom is 0.345 e. The van der Waals surface area contributed by atoms with Gasteiger partial charge in [-0.2, -0.15) is 0 Å². The van der Waals surface area contributed by atoms with Crippen molar-refractivity contribution in [2.24, 2.45) is 17.2 Å². The first-order valence-electron chi connectivity index (χ1n) is 42.4. The zero-order chi connectivity index (χ0) is 87.5. The number of fused-ring (bicyclic) bond motifs is 20. The van der Waals surface area contributed by atoms with E-state index in [1.54, 1.807) is 125 Å². The fourth-order valence-corrected chi connectivity index (χ4v) is 16.5. The van der Waals surface area contributed by atoms with E-state index in [2.05, 4.69) is 63.6 Å². The van der Waals surface area contributed by atoms with Crippen LogP contribution in [0.5, 0.6) is 0 Å². The van der Waals surface area contributed by atoms with Gasteiger partial charge in [-0.15, -0.1) is 0 Å². The summed E-state index contributed by atoms with van der Waals surface area (Å²) in [4.78, 5) is 136. The van der Waals surface area contributed by atoms with Crippen molar-refractivity contribution < 1.29 is 33.1 Å². The first kappa shape index (κ1) is 88.4. The Morgan fingerprint density at radius 3 is 1.02 bits per heavy atom. The number of nitrogens with two attached hydrogens (primary N) is 3. The summed E-state index contributed by atoms with van der Waals surface area (Å²) in [6.07, 6.45) is 29.2. The molecule has 644 valence electrons. The molecule has 0 radical (unpaired) electrons. The van der Waals surface area contributed by atoms with Gasteiger partial charge >= 0.3 is 5.63 Å². The minimum atomic E-state index is -0.466. The second-order valence-corrected chi connectivity index (χ2v) is 31.4. The Morgan fingerprint density at radius 1 is 0.328 bits per heavy atom. The van der Waals surface area contributed by atoms with Crippen LogP contribution in [0.15, 0.2) is 232 Å². The lowest BCUT2D eigenvalue weighted by Gasteiger charge is -2.26. The molecule has 6 aliphatic rings. The summed E-state index contributed by atoms with van der Waals surface area (Å²) in [7, 11) is 8.12. The lowest BCUT2D eigenvalue weighted by molar-refractivity contribution is 0.0369. The molecule has 4 aliphatic carbocycles. The second kappa shape index (κ2) is 42.0. The van der Waals surface area contributed by atoms with Crippen molar-refractivity contribution in [3.05, 3.63) is 294 Å². The molecule has 6 N–H and O–H groups in total. The Balaban J connectivity index is 0.000000124. The summed E-state index contributed by atoms with van der Waals surface area (Å²) < 4.78 is 25.2. The Bertz CT molecular complexity index is 6440. The van der Waals surface area contributed by atoms with Gasteiger partial charge in [0.2, 0.25) is 0 Å². The number of aryl methyl sites for hydroxylation is 2. The van der Waals surface area contributed by atoms with Crippen LogP contribution in [0.3, 0.4) is 0 Å². The van der Waals surface area contributed by atoms with E-state index in [4.69, 9.17) is 31.1 Å². The molecule has 125 heavy (non-hydrogen) atoms. The van der Waals surface area contributed by atoms with Gasteiger partial charge in [-0.1, -0.05) is 97.1 Å². The molecule has 29 heteroatoms. The van der Waals surface area contributed by atoms with Gasteiger partial charge in [-0.25, -0.2) is 14.8 Å². The van der Waals surface area contributed by atoms with Gasteiger partial charge < -0.3 is 63.7 Å². The monoisotopic (exact) mass is 1680 g/mol. The largest absolute Gasteiger partial charge is 0.421 e. The Morgan fingerprint density at radius 2 is 0.648 bits per heavy atom. The number of carbonyl (C=O) groups excluding carboxylic acids is 4. The molecule has 2 aliphatic heterocycles.